The number of nitrogens with one attached hydrogen (secondary N) is 1. The van der Waals surface area contributed by atoms with Gasteiger partial charge in [0.25, 0.3) is 0 Å². The summed E-state index contributed by atoms with van der Waals surface area (Å²) in [6.07, 6.45) is 1.77. The molecule has 0 atom stereocenters. The van der Waals surface area contributed by atoms with Crippen LogP contribution in [0.1, 0.15) is 17.7 Å². The van der Waals surface area contributed by atoms with E-state index in [2.05, 4.69) is 17.4 Å². The first-order valence-electron chi connectivity index (χ1n) is 8.45. The third-order valence-electron chi connectivity index (χ3n) is 4.07. The van der Waals surface area contributed by atoms with E-state index in [4.69, 9.17) is 9.15 Å². The Morgan fingerprint density at radius 2 is 2.04 bits per heavy atom. The minimum Gasteiger partial charge on any atom is -0.486 e. The Balaban J connectivity index is 1.34. The van der Waals surface area contributed by atoms with Crippen molar-refractivity contribution in [2.75, 3.05) is 19.6 Å². The lowest BCUT2D eigenvalue weighted by Gasteiger charge is -2.38. The fourth-order valence-electron chi connectivity index (χ4n) is 2.76. The molecular formula is C19H22N2O4. The molecule has 1 N–H and O–H groups in total. The van der Waals surface area contributed by atoms with E-state index in [1.165, 1.54) is 11.6 Å². The van der Waals surface area contributed by atoms with Gasteiger partial charge in [-0.05, 0) is 25.3 Å². The van der Waals surface area contributed by atoms with Crippen LogP contribution in [0.25, 0.3) is 0 Å². The van der Waals surface area contributed by atoms with Crippen LogP contribution in [0.5, 0.6) is 5.75 Å². The zero-order chi connectivity index (χ0) is 17.6. The van der Waals surface area contributed by atoms with Gasteiger partial charge in [0.1, 0.15) is 17.6 Å². The van der Waals surface area contributed by atoms with Crippen LogP contribution in [0.15, 0.2) is 51.7 Å². The van der Waals surface area contributed by atoms with Crippen LogP contribution in [0, 0.1) is 6.92 Å². The number of urea groups is 1. The molecule has 0 aliphatic carbocycles. The Bertz CT molecular complexity index is 766. The second-order valence-electron chi connectivity index (χ2n) is 6.19. The van der Waals surface area contributed by atoms with E-state index >= 15 is 0 Å². The van der Waals surface area contributed by atoms with Crippen LogP contribution in [0.4, 0.5) is 4.79 Å². The zero-order valence-electron chi connectivity index (χ0n) is 14.2. The molecular weight excluding hydrogens is 320 g/mol. The Hall–Kier alpha value is -2.76. The van der Waals surface area contributed by atoms with Gasteiger partial charge in [0.2, 0.25) is 0 Å². The van der Waals surface area contributed by atoms with Gasteiger partial charge in [-0.15, -0.1) is 0 Å². The quantitative estimate of drug-likeness (QED) is 0.818. The molecule has 2 heterocycles. The number of rotatable bonds is 6. The van der Waals surface area contributed by atoms with E-state index in [9.17, 15) is 9.59 Å². The van der Waals surface area contributed by atoms with Gasteiger partial charge >= 0.3 is 11.7 Å². The van der Waals surface area contributed by atoms with Crippen molar-refractivity contribution in [1.82, 2.24) is 10.2 Å². The smallest absolute Gasteiger partial charge is 0.339 e. The van der Waals surface area contributed by atoms with Gasteiger partial charge < -0.3 is 19.4 Å². The highest BCUT2D eigenvalue weighted by molar-refractivity contribution is 5.75. The van der Waals surface area contributed by atoms with Crippen LogP contribution in [0.2, 0.25) is 0 Å². The lowest BCUT2D eigenvalue weighted by molar-refractivity contribution is 0.0439. The second kappa shape index (κ2) is 7.88. The number of hydrogen-bond acceptors (Lipinski definition) is 4. The summed E-state index contributed by atoms with van der Waals surface area (Å²) in [5.41, 5.74) is 0.846. The minimum absolute atomic E-state index is 0.0725. The number of carbonyl (C=O) groups is 1. The third-order valence-corrected chi connectivity index (χ3v) is 4.07. The van der Waals surface area contributed by atoms with Gasteiger partial charge in [0.05, 0.1) is 19.2 Å². The summed E-state index contributed by atoms with van der Waals surface area (Å²) in [4.78, 5) is 25.0. The summed E-state index contributed by atoms with van der Waals surface area (Å²) in [6.45, 7) is 3.38. The summed E-state index contributed by atoms with van der Waals surface area (Å²) >= 11 is 0. The molecule has 2 aromatic rings. The zero-order valence-corrected chi connectivity index (χ0v) is 14.2. The molecule has 132 valence electrons. The van der Waals surface area contributed by atoms with Crippen LogP contribution in [-0.4, -0.2) is 36.7 Å². The number of nitrogens with zero attached hydrogens (tertiary/aromatic N) is 1. The highest BCUT2D eigenvalue weighted by Crippen LogP contribution is 2.17. The lowest BCUT2D eigenvalue weighted by atomic mass is 10.1. The monoisotopic (exact) mass is 342 g/mol. The molecule has 3 rings (SSSR count). The standard InChI is InChI=1S/C19H22N2O4/c1-14-10-16(11-18(22)24-14)25-17-12-21(13-17)19(23)20-9-5-8-15-6-3-2-4-7-15/h2-4,6-7,10-11,17H,5,8-9,12-13H2,1H3,(H,20,23). The number of aryl methyl sites for hydroxylation is 2. The molecule has 0 saturated carbocycles. The van der Waals surface area contributed by atoms with Crippen molar-refractivity contribution in [3.63, 3.8) is 0 Å². The molecule has 1 aliphatic heterocycles. The van der Waals surface area contributed by atoms with Crippen molar-refractivity contribution in [3.05, 3.63) is 64.2 Å². The SMILES string of the molecule is Cc1cc(OC2CN(C(=O)NCCCc3ccccc3)C2)cc(=O)o1. The van der Waals surface area contributed by atoms with Gasteiger partial charge in [-0.3, -0.25) is 0 Å². The largest absolute Gasteiger partial charge is 0.486 e. The van der Waals surface area contributed by atoms with E-state index in [-0.39, 0.29) is 12.1 Å². The molecule has 0 bridgehead atoms. The maximum atomic E-state index is 12.0. The Labute approximate surface area is 146 Å². The van der Waals surface area contributed by atoms with Crippen LogP contribution < -0.4 is 15.7 Å². The maximum absolute atomic E-state index is 12.0. The summed E-state index contributed by atoms with van der Waals surface area (Å²) in [5.74, 6) is 0.997. The Morgan fingerprint density at radius 3 is 2.76 bits per heavy atom. The van der Waals surface area contributed by atoms with Gasteiger partial charge in [0, 0.05) is 12.6 Å². The average molecular weight is 342 g/mol. The average Bonchev–Trinajstić information content (AvgIpc) is 2.54. The second-order valence-corrected chi connectivity index (χ2v) is 6.19. The van der Waals surface area contributed by atoms with Gasteiger partial charge in [-0.1, -0.05) is 30.3 Å². The summed E-state index contributed by atoms with van der Waals surface area (Å²) in [7, 11) is 0. The van der Waals surface area contributed by atoms with Crippen molar-refractivity contribution >= 4 is 6.03 Å². The molecule has 6 heteroatoms. The maximum Gasteiger partial charge on any atom is 0.339 e. The third kappa shape index (κ3) is 4.86. The van der Waals surface area contributed by atoms with E-state index in [0.717, 1.165) is 12.8 Å². The minimum atomic E-state index is -0.428. The number of benzene rings is 1. The Kier molecular flexibility index (Phi) is 5.38. The molecule has 0 unspecified atom stereocenters. The van der Waals surface area contributed by atoms with Crippen molar-refractivity contribution in [3.8, 4) is 5.75 Å². The number of amides is 2. The number of likely N-dealkylation sites (tertiary alicyclic amines) is 1. The fourth-order valence-corrected chi connectivity index (χ4v) is 2.76. The van der Waals surface area contributed by atoms with Gasteiger partial charge in [-0.2, -0.15) is 0 Å². The van der Waals surface area contributed by atoms with E-state index in [1.54, 1.807) is 17.9 Å². The first-order chi connectivity index (χ1) is 12.1. The summed E-state index contributed by atoms with van der Waals surface area (Å²) in [6, 6.07) is 13.1. The number of ether oxygens (including phenoxy) is 1. The van der Waals surface area contributed by atoms with E-state index in [0.29, 0.717) is 31.1 Å². The Morgan fingerprint density at radius 1 is 1.28 bits per heavy atom. The predicted molar refractivity (Wildman–Crippen MR) is 93.9 cm³/mol. The molecule has 1 aliphatic rings. The molecule has 25 heavy (non-hydrogen) atoms. The highest BCUT2D eigenvalue weighted by Gasteiger charge is 2.32. The van der Waals surface area contributed by atoms with Crippen LogP contribution in [0.3, 0.4) is 0 Å². The van der Waals surface area contributed by atoms with Crippen LogP contribution in [-0.2, 0) is 6.42 Å². The lowest BCUT2D eigenvalue weighted by Crippen LogP contribution is -2.59. The van der Waals surface area contributed by atoms with Crippen molar-refractivity contribution in [1.29, 1.82) is 0 Å². The van der Waals surface area contributed by atoms with Crippen molar-refractivity contribution in [2.45, 2.75) is 25.9 Å². The fraction of sp³-hybridized carbons (Fsp3) is 0.368. The van der Waals surface area contributed by atoms with Crippen molar-refractivity contribution < 1.29 is 13.9 Å². The highest BCUT2D eigenvalue weighted by atomic mass is 16.5. The van der Waals surface area contributed by atoms with E-state index in [1.807, 2.05) is 18.2 Å². The summed E-state index contributed by atoms with van der Waals surface area (Å²) in [5, 5.41) is 2.92. The molecule has 1 saturated heterocycles. The molecule has 1 fully saturated rings. The first-order valence-corrected chi connectivity index (χ1v) is 8.45. The van der Waals surface area contributed by atoms with Gasteiger partial charge in [0.15, 0.2) is 0 Å². The number of hydrogen-bond donors (Lipinski definition) is 1. The summed E-state index contributed by atoms with van der Waals surface area (Å²) < 4.78 is 10.6. The molecule has 6 nitrogen and oxygen atoms in total. The molecule has 1 aromatic carbocycles. The first kappa shape index (κ1) is 17.1. The topological polar surface area (TPSA) is 71.8 Å². The molecule has 1 aromatic heterocycles. The molecule has 2 amide bonds. The molecule has 0 radical (unpaired) electrons. The normalized spacial score (nSPS) is 14.0. The van der Waals surface area contributed by atoms with Gasteiger partial charge in [-0.25, -0.2) is 9.59 Å². The predicted octanol–water partition coefficient (Wildman–Crippen LogP) is 2.35. The van der Waals surface area contributed by atoms with Crippen molar-refractivity contribution in [2.24, 2.45) is 0 Å². The van der Waals surface area contributed by atoms with E-state index < -0.39 is 5.63 Å². The molecule has 0 spiro atoms. The van der Waals surface area contributed by atoms with Crippen LogP contribution >= 0.6 is 0 Å². The number of carbonyl (C=O) groups excluding carboxylic acids is 1.